The van der Waals surface area contributed by atoms with Crippen LogP contribution < -0.4 is 4.74 Å². The number of rotatable bonds is 5. The Morgan fingerprint density at radius 1 is 1.42 bits per heavy atom. The summed E-state index contributed by atoms with van der Waals surface area (Å²) >= 11 is 6.11. The molecule has 0 amide bonds. The summed E-state index contributed by atoms with van der Waals surface area (Å²) in [5.74, 6) is 0.599. The predicted octanol–water partition coefficient (Wildman–Crippen LogP) is 2.84. The van der Waals surface area contributed by atoms with E-state index in [1.807, 2.05) is 31.2 Å². The van der Waals surface area contributed by atoms with Crippen LogP contribution in [0.4, 0.5) is 0 Å². The van der Waals surface area contributed by atoms with E-state index in [-0.39, 0.29) is 0 Å². The van der Waals surface area contributed by atoms with Gasteiger partial charge in [0.05, 0.1) is 13.3 Å². The fourth-order valence-corrected chi connectivity index (χ4v) is 2.30. The molecular formula is C14H17ClN2O2. The Morgan fingerprint density at radius 3 is 2.79 bits per heavy atom. The van der Waals surface area contributed by atoms with Gasteiger partial charge in [0.1, 0.15) is 11.8 Å². The summed E-state index contributed by atoms with van der Waals surface area (Å²) in [5, 5.41) is 15.3. The van der Waals surface area contributed by atoms with Crippen LogP contribution in [0.2, 0.25) is 5.02 Å². The highest BCUT2D eigenvalue weighted by Gasteiger charge is 2.20. The quantitative estimate of drug-likeness (QED) is 0.916. The van der Waals surface area contributed by atoms with Crippen molar-refractivity contribution in [1.82, 2.24) is 9.78 Å². The summed E-state index contributed by atoms with van der Waals surface area (Å²) in [4.78, 5) is 0. The second-order valence-corrected chi connectivity index (χ2v) is 4.63. The van der Waals surface area contributed by atoms with Gasteiger partial charge in [0.2, 0.25) is 0 Å². The number of aliphatic hydroxyl groups excluding tert-OH is 1. The molecular weight excluding hydrogens is 264 g/mol. The molecule has 0 bridgehead atoms. The minimum atomic E-state index is -0.697. The average Bonchev–Trinajstić information content (AvgIpc) is 2.84. The molecule has 0 aliphatic rings. The van der Waals surface area contributed by atoms with Gasteiger partial charge >= 0.3 is 0 Å². The van der Waals surface area contributed by atoms with Crippen LogP contribution in [0.3, 0.4) is 0 Å². The third-order valence-corrected chi connectivity index (χ3v) is 3.42. The van der Waals surface area contributed by atoms with Gasteiger partial charge in [-0.1, -0.05) is 29.8 Å². The number of nitrogens with zero attached hydrogens (tertiary/aromatic N) is 2. The molecule has 5 heteroatoms. The molecule has 0 saturated carbocycles. The molecule has 0 aliphatic carbocycles. The van der Waals surface area contributed by atoms with E-state index in [1.165, 1.54) is 0 Å². The first-order chi connectivity index (χ1) is 9.17. The average molecular weight is 281 g/mol. The molecule has 1 heterocycles. The van der Waals surface area contributed by atoms with Crippen molar-refractivity contribution in [3.63, 3.8) is 0 Å². The zero-order chi connectivity index (χ0) is 13.8. The molecule has 1 atom stereocenters. The zero-order valence-electron chi connectivity index (χ0n) is 11.0. The van der Waals surface area contributed by atoms with Crippen molar-refractivity contribution in [1.29, 1.82) is 0 Å². The van der Waals surface area contributed by atoms with Crippen LogP contribution in [0, 0.1) is 0 Å². The first-order valence-electron chi connectivity index (χ1n) is 6.18. The number of aryl methyl sites for hydroxylation is 1. The Labute approximate surface area is 117 Å². The SMILES string of the molecule is CCn1ncc(OC)c1C(O)Cc1ccccc1Cl. The van der Waals surface area contributed by atoms with Gasteiger partial charge in [-0.05, 0) is 18.6 Å². The molecule has 2 aromatic rings. The van der Waals surface area contributed by atoms with Crippen molar-refractivity contribution >= 4 is 11.6 Å². The van der Waals surface area contributed by atoms with Gasteiger partial charge in [0.25, 0.3) is 0 Å². The van der Waals surface area contributed by atoms with Crippen molar-refractivity contribution in [2.45, 2.75) is 26.0 Å². The van der Waals surface area contributed by atoms with E-state index in [9.17, 15) is 5.11 Å². The number of aromatic nitrogens is 2. The third kappa shape index (κ3) is 2.91. The number of benzene rings is 1. The third-order valence-electron chi connectivity index (χ3n) is 3.05. The van der Waals surface area contributed by atoms with Crippen LogP contribution in [0.15, 0.2) is 30.5 Å². The van der Waals surface area contributed by atoms with Gasteiger partial charge in [-0.2, -0.15) is 5.10 Å². The molecule has 1 aromatic heterocycles. The number of methoxy groups -OCH3 is 1. The second kappa shape index (κ2) is 6.08. The standard InChI is InChI=1S/C14H17ClN2O2/c1-3-17-14(13(19-2)9-16-17)12(18)8-10-6-4-5-7-11(10)15/h4-7,9,12,18H,3,8H2,1-2H3. The highest BCUT2D eigenvalue weighted by atomic mass is 35.5. The highest BCUT2D eigenvalue weighted by Crippen LogP contribution is 2.29. The predicted molar refractivity (Wildman–Crippen MR) is 74.6 cm³/mol. The van der Waals surface area contributed by atoms with Gasteiger partial charge in [-0.3, -0.25) is 4.68 Å². The first kappa shape index (κ1) is 13.9. The Hall–Kier alpha value is -1.52. The van der Waals surface area contributed by atoms with E-state index in [1.54, 1.807) is 18.0 Å². The van der Waals surface area contributed by atoms with Crippen LogP contribution in [-0.2, 0) is 13.0 Å². The molecule has 19 heavy (non-hydrogen) atoms. The van der Waals surface area contributed by atoms with Gasteiger partial charge < -0.3 is 9.84 Å². The molecule has 0 radical (unpaired) electrons. The van der Waals surface area contributed by atoms with Crippen LogP contribution in [0.25, 0.3) is 0 Å². The number of halogens is 1. The lowest BCUT2D eigenvalue weighted by Crippen LogP contribution is -2.11. The van der Waals surface area contributed by atoms with Crippen molar-refractivity contribution in [3.8, 4) is 5.75 Å². The zero-order valence-corrected chi connectivity index (χ0v) is 11.8. The second-order valence-electron chi connectivity index (χ2n) is 4.23. The molecule has 0 saturated heterocycles. The topological polar surface area (TPSA) is 47.3 Å². The van der Waals surface area contributed by atoms with Crippen LogP contribution >= 0.6 is 11.6 Å². The molecule has 0 fully saturated rings. The smallest absolute Gasteiger partial charge is 0.162 e. The molecule has 1 N–H and O–H groups in total. The maximum Gasteiger partial charge on any atom is 0.162 e. The molecule has 0 spiro atoms. The Morgan fingerprint density at radius 2 is 2.16 bits per heavy atom. The number of ether oxygens (including phenoxy) is 1. The van der Waals surface area contributed by atoms with E-state index < -0.39 is 6.10 Å². The van der Waals surface area contributed by atoms with Crippen LogP contribution in [-0.4, -0.2) is 22.0 Å². The van der Waals surface area contributed by atoms with Crippen molar-refractivity contribution in [2.75, 3.05) is 7.11 Å². The van der Waals surface area contributed by atoms with E-state index in [0.29, 0.717) is 29.4 Å². The molecule has 1 unspecified atom stereocenters. The summed E-state index contributed by atoms with van der Waals surface area (Å²) in [6.45, 7) is 2.65. The normalized spacial score (nSPS) is 12.4. The number of aliphatic hydroxyl groups is 1. The molecule has 2 rings (SSSR count). The Kier molecular flexibility index (Phi) is 4.45. The van der Waals surface area contributed by atoms with Crippen molar-refractivity contribution in [2.24, 2.45) is 0 Å². The van der Waals surface area contributed by atoms with Gasteiger partial charge in [0.15, 0.2) is 5.75 Å². The van der Waals surface area contributed by atoms with E-state index in [4.69, 9.17) is 16.3 Å². The highest BCUT2D eigenvalue weighted by molar-refractivity contribution is 6.31. The molecule has 102 valence electrons. The largest absolute Gasteiger partial charge is 0.493 e. The fourth-order valence-electron chi connectivity index (χ4n) is 2.09. The lowest BCUT2D eigenvalue weighted by Gasteiger charge is -2.15. The summed E-state index contributed by atoms with van der Waals surface area (Å²) in [6, 6.07) is 7.50. The van der Waals surface area contributed by atoms with Crippen molar-refractivity contribution < 1.29 is 9.84 Å². The lowest BCUT2D eigenvalue weighted by atomic mass is 10.1. The maximum absolute atomic E-state index is 10.4. The maximum atomic E-state index is 10.4. The fraction of sp³-hybridized carbons (Fsp3) is 0.357. The first-order valence-corrected chi connectivity index (χ1v) is 6.56. The van der Waals surface area contributed by atoms with Crippen molar-refractivity contribution in [3.05, 3.63) is 46.7 Å². The van der Waals surface area contributed by atoms with Crippen LogP contribution in [0.1, 0.15) is 24.3 Å². The Bertz CT molecular complexity index is 533. The minimum absolute atomic E-state index is 0.432. The summed E-state index contributed by atoms with van der Waals surface area (Å²) in [6.07, 6.45) is 1.36. The number of hydrogen-bond acceptors (Lipinski definition) is 3. The minimum Gasteiger partial charge on any atom is -0.493 e. The van der Waals surface area contributed by atoms with E-state index in [0.717, 1.165) is 5.56 Å². The lowest BCUT2D eigenvalue weighted by molar-refractivity contribution is 0.162. The number of hydrogen-bond donors (Lipinski definition) is 1. The Balaban J connectivity index is 2.27. The van der Waals surface area contributed by atoms with E-state index in [2.05, 4.69) is 5.10 Å². The molecule has 1 aromatic carbocycles. The molecule has 4 nitrogen and oxygen atoms in total. The summed E-state index contributed by atoms with van der Waals surface area (Å²) in [7, 11) is 1.57. The van der Waals surface area contributed by atoms with Crippen LogP contribution in [0.5, 0.6) is 5.75 Å². The van der Waals surface area contributed by atoms with Gasteiger partial charge in [-0.25, -0.2) is 0 Å². The summed E-state index contributed by atoms with van der Waals surface area (Å²) in [5.41, 5.74) is 1.59. The van der Waals surface area contributed by atoms with E-state index >= 15 is 0 Å². The molecule has 0 aliphatic heterocycles. The summed E-state index contributed by atoms with van der Waals surface area (Å²) < 4.78 is 6.98. The monoisotopic (exact) mass is 280 g/mol. The van der Waals surface area contributed by atoms with Gasteiger partial charge in [0, 0.05) is 18.0 Å². The van der Waals surface area contributed by atoms with Gasteiger partial charge in [-0.15, -0.1) is 0 Å².